The van der Waals surface area contributed by atoms with Crippen LogP contribution < -0.4 is 5.32 Å². The van der Waals surface area contributed by atoms with Gasteiger partial charge in [0.1, 0.15) is 0 Å². The topological polar surface area (TPSA) is 41.6 Å². The van der Waals surface area contributed by atoms with Gasteiger partial charge in [-0.25, -0.2) is 0 Å². The molecule has 5 heteroatoms. The number of amides is 1. The minimum atomic E-state index is 0.115. The van der Waals surface area contributed by atoms with E-state index < -0.39 is 0 Å². The Morgan fingerprint density at radius 2 is 2.00 bits per heavy atom. The highest BCUT2D eigenvalue weighted by Crippen LogP contribution is 2.11. The van der Waals surface area contributed by atoms with E-state index >= 15 is 0 Å². The Labute approximate surface area is 137 Å². The molecule has 1 N–H and O–H groups in total. The first-order valence-corrected chi connectivity index (χ1v) is 8.32. The second-order valence-corrected chi connectivity index (χ2v) is 6.39. The number of carbonyl (C=O) groups excluding carboxylic acids is 1. The van der Waals surface area contributed by atoms with E-state index in [1.165, 1.54) is 0 Å². The summed E-state index contributed by atoms with van der Waals surface area (Å²) in [6, 6.07) is 7.66. The molecule has 1 aromatic carbocycles. The van der Waals surface area contributed by atoms with E-state index in [-0.39, 0.29) is 5.91 Å². The molecule has 1 unspecified atom stereocenters. The molecule has 0 saturated carbocycles. The maximum absolute atomic E-state index is 11.9. The van der Waals surface area contributed by atoms with E-state index in [0.29, 0.717) is 12.3 Å². The normalized spacial score (nSPS) is 17.2. The van der Waals surface area contributed by atoms with Crippen LogP contribution in [0.15, 0.2) is 24.3 Å². The minimum Gasteiger partial charge on any atom is -0.379 e. The zero-order chi connectivity index (χ0) is 15.8. The van der Waals surface area contributed by atoms with Crippen molar-refractivity contribution in [3.8, 4) is 0 Å². The molecule has 1 fully saturated rings. The van der Waals surface area contributed by atoms with E-state index in [1.54, 1.807) is 0 Å². The lowest BCUT2D eigenvalue weighted by Gasteiger charge is -2.29. The van der Waals surface area contributed by atoms with Crippen LogP contribution in [0.2, 0.25) is 5.02 Å². The standard InChI is InChI=1S/C17H25ClN2O2/c1-14(13-20-8-10-22-11-9-20)12-19-17(21)7-4-15-2-5-16(18)6-3-15/h2-3,5-6,14H,4,7-13H2,1H3,(H,19,21). The van der Waals surface area contributed by atoms with E-state index in [2.05, 4.69) is 17.1 Å². The summed E-state index contributed by atoms with van der Waals surface area (Å²) >= 11 is 5.85. The summed E-state index contributed by atoms with van der Waals surface area (Å²) < 4.78 is 5.34. The van der Waals surface area contributed by atoms with Crippen molar-refractivity contribution in [3.05, 3.63) is 34.9 Å². The molecule has 0 spiro atoms. The van der Waals surface area contributed by atoms with E-state index in [0.717, 1.165) is 56.4 Å². The third-order valence-electron chi connectivity index (χ3n) is 3.88. The fourth-order valence-electron chi connectivity index (χ4n) is 2.57. The molecule has 1 saturated heterocycles. The molecule has 0 aromatic heterocycles. The maximum atomic E-state index is 11.9. The Balaban J connectivity index is 1.61. The molecule has 1 aromatic rings. The van der Waals surface area contributed by atoms with Gasteiger partial charge in [-0.15, -0.1) is 0 Å². The molecule has 1 amide bonds. The van der Waals surface area contributed by atoms with Crippen LogP contribution in [0.5, 0.6) is 0 Å². The Hall–Kier alpha value is -1.10. The van der Waals surface area contributed by atoms with Gasteiger partial charge in [-0.2, -0.15) is 0 Å². The third-order valence-corrected chi connectivity index (χ3v) is 4.13. The number of morpholine rings is 1. The van der Waals surface area contributed by atoms with Gasteiger partial charge in [0.25, 0.3) is 0 Å². The lowest BCUT2D eigenvalue weighted by Crippen LogP contribution is -2.41. The largest absolute Gasteiger partial charge is 0.379 e. The summed E-state index contributed by atoms with van der Waals surface area (Å²) in [4.78, 5) is 14.3. The molecule has 0 bridgehead atoms. The number of nitrogens with zero attached hydrogens (tertiary/aromatic N) is 1. The molecule has 1 aliphatic heterocycles. The van der Waals surface area contributed by atoms with Gasteiger partial charge in [0.2, 0.25) is 5.91 Å². The van der Waals surface area contributed by atoms with Gasteiger partial charge in [0, 0.05) is 37.6 Å². The van der Waals surface area contributed by atoms with Crippen LogP contribution in [0.3, 0.4) is 0 Å². The Bertz CT molecular complexity index is 458. The molecule has 1 atom stereocenters. The van der Waals surface area contributed by atoms with Crippen LogP contribution in [0.25, 0.3) is 0 Å². The first-order valence-electron chi connectivity index (χ1n) is 7.95. The Morgan fingerprint density at radius 1 is 1.32 bits per heavy atom. The highest BCUT2D eigenvalue weighted by Gasteiger charge is 2.14. The van der Waals surface area contributed by atoms with Crippen molar-refractivity contribution in [2.75, 3.05) is 39.4 Å². The number of nitrogens with one attached hydrogen (secondary N) is 1. The first-order chi connectivity index (χ1) is 10.6. The average Bonchev–Trinajstić information content (AvgIpc) is 2.53. The second-order valence-electron chi connectivity index (χ2n) is 5.95. The third kappa shape index (κ3) is 6.34. The van der Waals surface area contributed by atoms with Gasteiger partial charge in [-0.3, -0.25) is 9.69 Å². The molecule has 0 aliphatic carbocycles. The molecule has 122 valence electrons. The summed E-state index contributed by atoms with van der Waals surface area (Å²) in [5.74, 6) is 0.571. The van der Waals surface area contributed by atoms with Crippen molar-refractivity contribution in [2.45, 2.75) is 19.8 Å². The van der Waals surface area contributed by atoms with Gasteiger partial charge in [-0.1, -0.05) is 30.7 Å². The smallest absolute Gasteiger partial charge is 0.220 e. The maximum Gasteiger partial charge on any atom is 0.220 e. The van der Waals surface area contributed by atoms with Crippen LogP contribution in [0.4, 0.5) is 0 Å². The van der Waals surface area contributed by atoms with Crippen LogP contribution in [0.1, 0.15) is 18.9 Å². The van der Waals surface area contributed by atoms with Gasteiger partial charge in [0.15, 0.2) is 0 Å². The quantitative estimate of drug-likeness (QED) is 0.837. The second kappa shape index (κ2) is 9.13. The van der Waals surface area contributed by atoms with Gasteiger partial charge >= 0.3 is 0 Å². The van der Waals surface area contributed by atoms with Crippen molar-refractivity contribution in [3.63, 3.8) is 0 Å². The lowest BCUT2D eigenvalue weighted by molar-refractivity contribution is -0.121. The van der Waals surface area contributed by atoms with Crippen molar-refractivity contribution >= 4 is 17.5 Å². The fourth-order valence-corrected chi connectivity index (χ4v) is 2.70. The molecule has 1 heterocycles. The molecular weight excluding hydrogens is 300 g/mol. The number of hydrogen-bond acceptors (Lipinski definition) is 3. The Morgan fingerprint density at radius 3 is 2.68 bits per heavy atom. The van der Waals surface area contributed by atoms with E-state index in [4.69, 9.17) is 16.3 Å². The van der Waals surface area contributed by atoms with E-state index in [9.17, 15) is 4.79 Å². The predicted molar refractivity (Wildman–Crippen MR) is 89.2 cm³/mol. The predicted octanol–water partition coefficient (Wildman–Crippen LogP) is 2.36. The summed E-state index contributed by atoms with van der Waals surface area (Å²) in [7, 11) is 0. The molecular formula is C17H25ClN2O2. The van der Waals surface area contributed by atoms with Gasteiger partial charge in [0.05, 0.1) is 13.2 Å². The van der Waals surface area contributed by atoms with Crippen molar-refractivity contribution in [2.24, 2.45) is 5.92 Å². The van der Waals surface area contributed by atoms with Crippen molar-refractivity contribution in [1.82, 2.24) is 10.2 Å². The van der Waals surface area contributed by atoms with Gasteiger partial charge < -0.3 is 10.1 Å². The van der Waals surface area contributed by atoms with Crippen LogP contribution in [0, 0.1) is 5.92 Å². The van der Waals surface area contributed by atoms with Crippen LogP contribution in [-0.2, 0) is 16.0 Å². The number of rotatable bonds is 7. The average molecular weight is 325 g/mol. The summed E-state index contributed by atoms with van der Waals surface area (Å²) in [6.45, 7) is 7.55. The molecule has 4 nitrogen and oxygen atoms in total. The fraction of sp³-hybridized carbons (Fsp3) is 0.588. The Kier molecular flexibility index (Phi) is 7.16. The number of halogens is 1. The lowest BCUT2D eigenvalue weighted by atomic mass is 10.1. The number of carbonyl (C=O) groups is 1. The highest BCUT2D eigenvalue weighted by atomic mass is 35.5. The SMILES string of the molecule is CC(CNC(=O)CCc1ccc(Cl)cc1)CN1CCOCC1. The summed E-state index contributed by atoms with van der Waals surface area (Å²) in [5, 5.41) is 3.76. The molecule has 2 rings (SSSR count). The number of hydrogen-bond donors (Lipinski definition) is 1. The summed E-state index contributed by atoms with van der Waals surface area (Å²) in [6.07, 6.45) is 1.27. The molecule has 0 radical (unpaired) electrons. The zero-order valence-electron chi connectivity index (χ0n) is 13.2. The molecule has 22 heavy (non-hydrogen) atoms. The minimum absolute atomic E-state index is 0.115. The van der Waals surface area contributed by atoms with E-state index in [1.807, 2.05) is 24.3 Å². The highest BCUT2D eigenvalue weighted by molar-refractivity contribution is 6.30. The first kappa shape index (κ1) is 17.3. The van der Waals surface area contributed by atoms with Crippen molar-refractivity contribution in [1.29, 1.82) is 0 Å². The van der Waals surface area contributed by atoms with Crippen LogP contribution in [-0.4, -0.2) is 50.2 Å². The number of benzene rings is 1. The molecule has 1 aliphatic rings. The van der Waals surface area contributed by atoms with Gasteiger partial charge in [-0.05, 0) is 30.0 Å². The number of ether oxygens (including phenoxy) is 1. The summed E-state index contributed by atoms with van der Waals surface area (Å²) in [5.41, 5.74) is 1.14. The zero-order valence-corrected chi connectivity index (χ0v) is 13.9. The number of aryl methyl sites for hydroxylation is 1. The van der Waals surface area contributed by atoms with Crippen molar-refractivity contribution < 1.29 is 9.53 Å². The monoisotopic (exact) mass is 324 g/mol. The van der Waals surface area contributed by atoms with Crippen LogP contribution >= 0.6 is 11.6 Å².